The molecule has 0 saturated carbocycles. The van der Waals surface area contributed by atoms with Crippen LogP contribution in [0.2, 0.25) is 18.1 Å². The first kappa shape index (κ1) is 25.7. The molecule has 5 nitrogen and oxygen atoms in total. The minimum Gasteiger partial charge on any atom is -0.444 e. The Morgan fingerprint density at radius 1 is 1.03 bits per heavy atom. The fourth-order valence-electron chi connectivity index (χ4n) is 4.11. The first-order chi connectivity index (χ1) is 13.8. The summed E-state index contributed by atoms with van der Waals surface area (Å²) in [7, 11) is -1.63. The van der Waals surface area contributed by atoms with Crippen molar-refractivity contribution >= 4 is 14.4 Å². The molecule has 0 aliphatic carbocycles. The van der Waals surface area contributed by atoms with Gasteiger partial charge in [0.25, 0.3) is 0 Å². The molecule has 3 atom stereocenters. The first-order valence-electron chi connectivity index (χ1n) is 12.1. The summed E-state index contributed by atoms with van der Waals surface area (Å²) in [5, 5.41) is 0.277. The first-order valence-corrected chi connectivity index (χ1v) is 15.0. The number of nitrogens with zero attached hydrogens (tertiary/aromatic N) is 1. The van der Waals surface area contributed by atoms with Crippen LogP contribution in [0, 0.1) is 5.92 Å². The normalized spacial score (nSPS) is 25.7. The van der Waals surface area contributed by atoms with Gasteiger partial charge >= 0.3 is 6.09 Å². The minimum absolute atomic E-state index is 0.103. The van der Waals surface area contributed by atoms with Crippen LogP contribution >= 0.6 is 0 Å². The van der Waals surface area contributed by atoms with Crippen LogP contribution in [0.1, 0.15) is 92.9 Å². The number of carbonyl (C=O) groups excluding carboxylic acids is 1. The summed E-state index contributed by atoms with van der Waals surface area (Å²) in [4.78, 5) is 14.5. The maximum absolute atomic E-state index is 12.7. The lowest BCUT2D eigenvalue weighted by molar-refractivity contribution is -0.169. The molecule has 2 heterocycles. The Morgan fingerprint density at radius 2 is 1.73 bits per heavy atom. The molecule has 2 aliphatic rings. The quantitative estimate of drug-likeness (QED) is 0.325. The fraction of sp³-hybridized carbons (Fsp3) is 0.958. The maximum atomic E-state index is 12.7. The van der Waals surface area contributed by atoms with Gasteiger partial charge in [-0.1, -0.05) is 33.6 Å². The molecule has 30 heavy (non-hydrogen) atoms. The van der Waals surface area contributed by atoms with Crippen LogP contribution in [0.4, 0.5) is 4.79 Å². The number of piperidine rings is 1. The summed E-state index contributed by atoms with van der Waals surface area (Å²) in [6.45, 7) is 18.9. The topological polar surface area (TPSA) is 48.0 Å². The van der Waals surface area contributed by atoms with Crippen LogP contribution in [0.25, 0.3) is 0 Å². The van der Waals surface area contributed by atoms with Gasteiger partial charge < -0.3 is 13.9 Å². The van der Waals surface area contributed by atoms with Gasteiger partial charge in [-0.15, -0.1) is 0 Å². The van der Waals surface area contributed by atoms with Gasteiger partial charge in [0.05, 0.1) is 6.10 Å². The molecule has 2 fully saturated rings. The number of amides is 1. The van der Waals surface area contributed by atoms with E-state index in [0.29, 0.717) is 5.92 Å². The summed E-state index contributed by atoms with van der Waals surface area (Å²) in [5.74, 6) is 0.459. The second-order valence-electron chi connectivity index (χ2n) is 11.8. The Morgan fingerprint density at radius 3 is 2.37 bits per heavy atom. The smallest absolute Gasteiger partial charge is 0.412 e. The second-order valence-corrected chi connectivity index (χ2v) is 16.6. The van der Waals surface area contributed by atoms with E-state index in [4.69, 9.17) is 13.9 Å². The van der Waals surface area contributed by atoms with Crippen molar-refractivity contribution in [3.63, 3.8) is 0 Å². The van der Waals surface area contributed by atoms with Gasteiger partial charge in [0.1, 0.15) is 11.8 Å². The summed E-state index contributed by atoms with van der Waals surface area (Å²) in [6, 6.07) is 0. The van der Waals surface area contributed by atoms with Crippen molar-refractivity contribution < 1.29 is 18.7 Å². The number of unbranched alkanes of at least 4 members (excludes halogenated alkanes) is 2. The highest BCUT2D eigenvalue weighted by molar-refractivity contribution is 6.74. The molecule has 6 heteroatoms. The van der Waals surface area contributed by atoms with Crippen LogP contribution < -0.4 is 0 Å². The highest BCUT2D eigenvalue weighted by Gasteiger charge is 2.41. The van der Waals surface area contributed by atoms with Gasteiger partial charge in [-0.25, -0.2) is 4.79 Å². The molecule has 1 amide bonds. The Balaban J connectivity index is 1.74. The Hall–Kier alpha value is -0.593. The lowest BCUT2D eigenvalue weighted by Crippen LogP contribution is -2.54. The average Bonchev–Trinajstić information content (AvgIpc) is 2.61. The van der Waals surface area contributed by atoms with E-state index >= 15 is 0 Å². The van der Waals surface area contributed by atoms with Crippen molar-refractivity contribution in [3.8, 4) is 0 Å². The zero-order valence-corrected chi connectivity index (χ0v) is 21.9. The SMILES string of the molecule is CC(C)(C)OC(=O)N1CCC[C@H]2CC[C@@H](CCCCCO[Si](C)(C)C(C)(C)C)O[C@H]21. The van der Waals surface area contributed by atoms with Gasteiger partial charge in [-0.05, 0) is 77.4 Å². The molecule has 0 unspecified atom stereocenters. The fourth-order valence-corrected chi connectivity index (χ4v) is 5.20. The van der Waals surface area contributed by atoms with Gasteiger partial charge in [-0.3, -0.25) is 4.90 Å². The molecule has 2 saturated heterocycles. The van der Waals surface area contributed by atoms with E-state index in [0.717, 1.165) is 58.1 Å². The number of hydrogen-bond donors (Lipinski definition) is 0. The van der Waals surface area contributed by atoms with Crippen LogP contribution in [-0.2, 0) is 13.9 Å². The predicted octanol–water partition coefficient (Wildman–Crippen LogP) is 6.72. The van der Waals surface area contributed by atoms with E-state index in [1.54, 1.807) is 0 Å². The van der Waals surface area contributed by atoms with Crippen molar-refractivity contribution in [1.82, 2.24) is 4.90 Å². The van der Waals surface area contributed by atoms with E-state index in [-0.39, 0.29) is 23.5 Å². The van der Waals surface area contributed by atoms with Crippen LogP contribution in [-0.4, -0.2) is 50.4 Å². The molecular weight excluding hydrogens is 394 g/mol. The monoisotopic (exact) mass is 441 g/mol. The third kappa shape index (κ3) is 7.52. The molecule has 0 radical (unpaired) electrons. The number of fused-ring (bicyclic) bond motifs is 1. The molecule has 0 aromatic carbocycles. The maximum Gasteiger partial charge on any atom is 0.412 e. The van der Waals surface area contributed by atoms with Crippen LogP contribution in [0.3, 0.4) is 0 Å². The molecular formula is C24H47NO4Si. The number of likely N-dealkylation sites (tertiary alicyclic amines) is 1. The molecule has 2 aliphatic heterocycles. The second kappa shape index (κ2) is 10.3. The third-order valence-corrected chi connectivity index (χ3v) is 11.5. The zero-order valence-electron chi connectivity index (χ0n) is 20.9. The Kier molecular flexibility index (Phi) is 8.85. The highest BCUT2D eigenvalue weighted by atomic mass is 28.4. The number of carbonyl (C=O) groups is 1. The van der Waals surface area contributed by atoms with Gasteiger partial charge in [-0.2, -0.15) is 0 Å². The van der Waals surface area contributed by atoms with Crippen LogP contribution in [0.5, 0.6) is 0 Å². The lowest BCUT2D eigenvalue weighted by Gasteiger charge is -2.46. The molecule has 0 spiro atoms. The van der Waals surface area contributed by atoms with Gasteiger partial charge in [0, 0.05) is 19.1 Å². The van der Waals surface area contributed by atoms with Crippen molar-refractivity contribution in [2.45, 2.75) is 129 Å². The van der Waals surface area contributed by atoms with E-state index in [9.17, 15) is 4.79 Å². The number of rotatable bonds is 7. The van der Waals surface area contributed by atoms with E-state index in [2.05, 4.69) is 33.9 Å². The number of ether oxygens (including phenoxy) is 2. The Bertz CT molecular complexity index is 552. The van der Waals surface area contributed by atoms with Crippen LogP contribution in [0.15, 0.2) is 0 Å². The summed E-state index contributed by atoms with van der Waals surface area (Å²) < 4.78 is 18.4. The third-order valence-electron chi connectivity index (χ3n) is 6.94. The zero-order chi connectivity index (χ0) is 22.6. The van der Waals surface area contributed by atoms with Crippen molar-refractivity contribution in [2.75, 3.05) is 13.2 Å². The van der Waals surface area contributed by atoms with Gasteiger partial charge in [0.2, 0.25) is 0 Å². The summed E-state index contributed by atoms with van der Waals surface area (Å²) >= 11 is 0. The molecule has 2 rings (SSSR count). The van der Waals surface area contributed by atoms with Crippen molar-refractivity contribution in [1.29, 1.82) is 0 Å². The summed E-state index contributed by atoms with van der Waals surface area (Å²) in [5.41, 5.74) is -0.468. The minimum atomic E-state index is -1.63. The molecule has 0 bridgehead atoms. The average molecular weight is 442 g/mol. The summed E-state index contributed by atoms with van der Waals surface area (Å²) in [6.07, 6.45) is 8.94. The lowest BCUT2D eigenvalue weighted by atomic mass is 9.87. The molecule has 176 valence electrons. The predicted molar refractivity (Wildman–Crippen MR) is 125 cm³/mol. The van der Waals surface area contributed by atoms with E-state index < -0.39 is 13.9 Å². The molecule has 0 N–H and O–H groups in total. The van der Waals surface area contributed by atoms with Crippen molar-refractivity contribution in [3.05, 3.63) is 0 Å². The number of hydrogen-bond acceptors (Lipinski definition) is 4. The highest BCUT2D eigenvalue weighted by Crippen LogP contribution is 2.37. The molecule has 0 aromatic heterocycles. The largest absolute Gasteiger partial charge is 0.444 e. The van der Waals surface area contributed by atoms with Gasteiger partial charge in [0.15, 0.2) is 8.32 Å². The molecule has 0 aromatic rings. The van der Waals surface area contributed by atoms with Crippen molar-refractivity contribution in [2.24, 2.45) is 5.92 Å². The van der Waals surface area contributed by atoms with E-state index in [1.807, 2.05) is 25.7 Å². The van der Waals surface area contributed by atoms with E-state index in [1.165, 1.54) is 6.42 Å². The standard InChI is InChI=1S/C24H47NO4Si/c1-23(2,3)29-22(26)25-17-12-13-19-15-16-20(28-21(19)25)14-10-9-11-18-27-30(7,8)24(4,5)6/h19-21H,9-18H2,1-8H3/t19-,20+,21+/m0/s1. The Labute approximate surface area is 186 Å².